The standard InChI is InChI=1S/C22H23N3O5/c1-24(2)8-9-25-19(15-4-3-7-23-13-15)18(21(27)22(25)28)20(26)14-5-6-16-17(12-14)30-11-10-29-16/h3-7,12-13,19,26H,8-11H2,1-2H3. The maximum atomic E-state index is 12.9. The lowest BCUT2D eigenvalue weighted by atomic mass is 9.96. The van der Waals surface area contributed by atoms with Gasteiger partial charge in [-0.05, 0) is 43.9 Å². The van der Waals surface area contributed by atoms with E-state index in [0.29, 0.717) is 48.9 Å². The summed E-state index contributed by atoms with van der Waals surface area (Å²) in [4.78, 5) is 33.3. The second kappa shape index (κ2) is 8.16. The summed E-state index contributed by atoms with van der Waals surface area (Å²) >= 11 is 0. The van der Waals surface area contributed by atoms with Crippen LogP contribution in [0.25, 0.3) is 5.76 Å². The molecule has 1 N–H and O–H groups in total. The van der Waals surface area contributed by atoms with Gasteiger partial charge >= 0.3 is 0 Å². The minimum atomic E-state index is -0.716. The largest absolute Gasteiger partial charge is 0.507 e. The molecular weight excluding hydrogens is 386 g/mol. The highest BCUT2D eigenvalue weighted by molar-refractivity contribution is 6.46. The molecule has 8 heteroatoms. The summed E-state index contributed by atoms with van der Waals surface area (Å²) in [6, 6.07) is 7.78. The summed E-state index contributed by atoms with van der Waals surface area (Å²) in [6.07, 6.45) is 3.23. The van der Waals surface area contributed by atoms with E-state index >= 15 is 0 Å². The van der Waals surface area contributed by atoms with E-state index < -0.39 is 17.7 Å². The molecule has 0 spiro atoms. The van der Waals surface area contributed by atoms with Gasteiger partial charge in [-0.3, -0.25) is 14.6 Å². The fourth-order valence-corrected chi connectivity index (χ4v) is 3.65. The first-order valence-electron chi connectivity index (χ1n) is 9.70. The Bertz CT molecular complexity index is 1000. The number of likely N-dealkylation sites (tertiary alicyclic amines) is 1. The monoisotopic (exact) mass is 409 g/mol. The molecule has 4 rings (SSSR count). The Hall–Kier alpha value is -3.39. The van der Waals surface area contributed by atoms with Crippen molar-refractivity contribution in [2.24, 2.45) is 0 Å². The van der Waals surface area contributed by atoms with Crippen LogP contribution in [-0.4, -0.2) is 72.0 Å². The molecule has 1 atom stereocenters. The van der Waals surface area contributed by atoms with E-state index in [1.807, 2.05) is 19.0 Å². The summed E-state index contributed by atoms with van der Waals surface area (Å²) in [5.74, 6) is -0.524. The summed E-state index contributed by atoms with van der Waals surface area (Å²) in [7, 11) is 3.79. The number of hydrogen-bond acceptors (Lipinski definition) is 7. The average molecular weight is 409 g/mol. The van der Waals surface area contributed by atoms with Crippen molar-refractivity contribution in [3.8, 4) is 11.5 Å². The van der Waals surface area contributed by atoms with Crippen LogP contribution in [0.2, 0.25) is 0 Å². The molecule has 8 nitrogen and oxygen atoms in total. The predicted molar refractivity (Wildman–Crippen MR) is 109 cm³/mol. The van der Waals surface area contributed by atoms with Gasteiger partial charge in [0, 0.05) is 31.0 Å². The molecule has 1 aromatic heterocycles. The molecule has 0 radical (unpaired) electrons. The number of aliphatic hydroxyl groups excluding tert-OH is 1. The second-order valence-electron chi connectivity index (χ2n) is 7.44. The number of nitrogens with zero attached hydrogens (tertiary/aromatic N) is 3. The molecule has 2 aromatic rings. The minimum absolute atomic E-state index is 0.0448. The van der Waals surface area contributed by atoms with E-state index in [2.05, 4.69) is 4.98 Å². The van der Waals surface area contributed by atoms with Crippen molar-refractivity contribution in [3.05, 3.63) is 59.4 Å². The van der Waals surface area contributed by atoms with Gasteiger partial charge in [0.05, 0.1) is 11.6 Å². The lowest BCUT2D eigenvalue weighted by Gasteiger charge is -2.26. The fourth-order valence-electron chi connectivity index (χ4n) is 3.65. The number of rotatable bonds is 5. The first-order valence-corrected chi connectivity index (χ1v) is 9.70. The quantitative estimate of drug-likeness (QED) is 0.458. The van der Waals surface area contributed by atoms with Gasteiger partial charge in [0.2, 0.25) is 0 Å². The highest BCUT2D eigenvalue weighted by Gasteiger charge is 2.46. The SMILES string of the molecule is CN(C)CCN1C(=O)C(=O)C(=C(O)c2ccc3c(c2)OCCO3)C1c1cccnc1. The third-order valence-corrected chi connectivity index (χ3v) is 5.14. The topological polar surface area (TPSA) is 92.2 Å². The highest BCUT2D eigenvalue weighted by atomic mass is 16.6. The van der Waals surface area contributed by atoms with E-state index in [9.17, 15) is 14.7 Å². The number of benzene rings is 1. The van der Waals surface area contributed by atoms with E-state index in [1.165, 1.54) is 4.90 Å². The van der Waals surface area contributed by atoms with E-state index in [4.69, 9.17) is 9.47 Å². The molecule has 1 aromatic carbocycles. The Labute approximate surface area is 174 Å². The van der Waals surface area contributed by atoms with Crippen molar-refractivity contribution in [1.29, 1.82) is 0 Å². The van der Waals surface area contributed by atoms with Crippen molar-refractivity contribution in [2.45, 2.75) is 6.04 Å². The average Bonchev–Trinajstić information content (AvgIpc) is 3.02. The molecule has 2 aliphatic rings. The zero-order chi connectivity index (χ0) is 21.3. The number of amides is 1. The van der Waals surface area contributed by atoms with Gasteiger partial charge in [0.1, 0.15) is 19.0 Å². The van der Waals surface area contributed by atoms with Crippen molar-refractivity contribution in [2.75, 3.05) is 40.4 Å². The van der Waals surface area contributed by atoms with Crippen LogP contribution in [0.15, 0.2) is 48.3 Å². The maximum absolute atomic E-state index is 12.9. The van der Waals surface area contributed by atoms with Crippen LogP contribution < -0.4 is 9.47 Å². The number of ketones is 1. The lowest BCUT2D eigenvalue weighted by Crippen LogP contribution is -2.35. The number of ether oxygens (including phenoxy) is 2. The van der Waals surface area contributed by atoms with Gasteiger partial charge in [-0.1, -0.05) is 6.07 Å². The van der Waals surface area contributed by atoms with Crippen molar-refractivity contribution in [1.82, 2.24) is 14.8 Å². The zero-order valence-corrected chi connectivity index (χ0v) is 16.9. The summed E-state index contributed by atoms with van der Waals surface area (Å²) in [6.45, 7) is 1.78. The van der Waals surface area contributed by atoms with Crippen molar-refractivity contribution < 1.29 is 24.2 Å². The number of likely N-dealkylation sites (N-methyl/N-ethyl adjacent to an activating group) is 1. The number of Topliss-reactive ketones (excluding diaryl/α,β-unsaturated/α-hetero) is 1. The van der Waals surface area contributed by atoms with E-state index in [0.717, 1.165) is 0 Å². The summed E-state index contributed by atoms with van der Waals surface area (Å²) in [5, 5.41) is 11.1. The Morgan fingerprint density at radius 3 is 2.67 bits per heavy atom. The van der Waals surface area contributed by atoms with Gasteiger partial charge in [-0.15, -0.1) is 0 Å². The van der Waals surface area contributed by atoms with Gasteiger partial charge in [0.25, 0.3) is 11.7 Å². The van der Waals surface area contributed by atoms with Crippen molar-refractivity contribution >= 4 is 17.4 Å². The number of aliphatic hydroxyl groups is 1. The first kappa shape index (κ1) is 19.9. The number of carbonyl (C=O) groups is 2. The molecule has 1 fully saturated rings. The lowest BCUT2D eigenvalue weighted by molar-refractivity contribution is -0.140. The van der Waals surface area contributed by atoms with Gasteiger partial charge in [0.15, 0.2) is 11.5 Å². The van der Waals surface area contributed by atoms with Crippen LogP contribution in [-0.2, 0) is 9.59 Å². The Morgan fingerprint density at radius 2 is 1.97 bits per heavy atom. The van der Waals surface area contributed by atoms with Crippen LogP contribution in [0.4, 0.5) is 0 Å². The summed E-state index contributed by atoms with van der Waals surface area (Å²) in [5.41, 5.74) is 1.09. The molecule has 1 saturated heterocycles. The Kier molecular flexibility index (Phi) is 5.41. The van der Waals surface area contributed by atoms with Crippen LogP contribution in [0.1, 0.15) is 17.2 Å². The smallest absolute Gasteiger partial charge is 0.295 e. The van der Waals surface area contributed by atoms with Crippen LogP contribution in [0.5, 0.6) is 11.5 Å². The maximum Gasteiger partial charge on any atom is 0.295 e. The molecular formula is C22H23N3O5. The number of hydrogen-bond donors (Lipinski definition) is 1. The van der Waals surface area contributed by atoms with Crippen molar-refractivity contribution in [3.63, 3.8) is 0 Å². The Balaban J connectivity index is 1.81. The third-order valence-electron chi connectivity index (χ3n) is 5.14. The minimum Gasteiger partial charge on any atom is -0.507 e. The predicted octanol–water partition coefficient (Wildman–Crippen LogP) is 1.84. The molecule has 3 heterocycles. The van der Waals surface area contributed by atoms with Crippen LogP contribution >= 0.6 is 0 Å². The van der Waals surface area contributed by atoms with Crippen LogP contribution in [0, 0.1) is 0 Å². The molecule has 30 heavy (non-hydrogen) atoms. The second-order valence-corrected chi connectivity index (χ2v) is 7.44. The fraction of sp³-hybridized carbons (Fsp3) is 0.318. The normalized spacial score (nSPS) is 20.1. The molecule has 0 bridgehead atoms. The molecule has 0 aliphatic carbocycles. The molecule has 2 aliphatic heterocycles. The first-order chi connectivity index (χ1) is 14.5. The molecule has 0 saturated carbocycles. The number of pyridine rings is 1. The Morgan fingerprint density at radius 1 is 1.20 bits per heavy atom. The molecule has 156 valence electrons. The molecule has 1 unspecified atom stereocenters. The summed E-state index contributed by atoms with van der Waals surface area (Å²) < 4.78 is 11.1. The van der Waals surface area contributed by atoms with Crippen LogP contribution in [0.3, 0.4) is 0 Å². The number of aromatic nitrogens is 1. The highest BCUT2D eigenvalue weighted by Crippen LogP contribution is 2.40. The van der Waals surface area contributed by atoms with Gasteiger partial charge < -0.3 is 24.4 Å². The zero-order valence-electron chi connectivity index (χ0n) is 16.9. The van der Waals surface area contributed by atoms with E-state index in [1.54, 1.807) is 42.7 Å². The molecule has 1 amide bonds. The number of fused-ring (bicyclic) bond motifs is 1. The van der Waals surface area contributed by atoms with Gasteiger partial charge in [-0.25, -0.2) is 0 Å². The third kappa shape index (κ3) is 3.61. The van der Waals surface area contributed by atoms with E-state index in [-0.39, 0.29) is 11.3 Å². The number of carbonyl (C=O) groups excluding carboxylic acids is 2. The van der Waals surface area contributed by atoms with Gasteiger partial charge in [-0.2, -0.15) is 0 Å².